The summed E-state index contributed by atoms with van der Waals surface area (Å²) in [7, 11) is 1.82. The number of unbranched alkanes of at least 4 members (excludes halogenated alkanes) is 1. The molecule has 1 amide bonds. The van der Waals surface area contributed by atoms with Crippen LogP contribution in [-0.4, -0.2) is 34.4 Å². The van der Waals surface area contributed by atoms with Crippen LogP contribution in [0.15, 0.2) is 30.3 Å². The first-order valence-electron chi connectivity index (χ1n) is 9.20. The van der Waals surface area contributed by atoms with Crippen LogP contribution in [-0.2, 0) is 5.41 Å². The van der Waals surface area contributed by atoms with Gasteiger partial charge in [0.2, 0.25) is 0 Å². The molecular formula is C21H30N4O. The van der Waals surface area contributed by atoms with E-state index < -0.39 is 0 Å². The summed E-state index contributed by atoms with van der Waals surface area (Å²) in [4.78, 5) is 23.2. The molecule has 26 heavy (non-hydrogen) atoms. The molecule has 0 unspecified atom stereocenters. The Morgan fingerprint density at radius 1 is 1.19 bits per heavy atom. The smallest absolute Gasteiger partial charge is 0.272 e. The van der Waals surface area contributed by atoms with E-state index in [-0.39, 0.29) is 11.3 Å². The van der Waals surface area contributed by atoms with Gasteiger partial charge in [-0.2, -0.15) is 0 Å². The maximum Gasteiger partial charge on any atom is 0.272 e. The van der Waals surface area contributed by atoms with Gasteiger partial charge in [0.1, 0.15) is 17.3 Å². The third-order valence-corrected chi connectivity index (χ3v) is 4.25. The third kappa shape index (κ3) is 5.04. The van der Waals surface area contributed by atoms with Gasteiger partial charge in [0.15, 0.2) is 0 Å². The Hall–Kier alpha value is -2.43. The van der Waals surface area contributed by atoms with Gasteiger partial charge in [-0.15, -0.1) is 0 Å². The van der Waals surface area contributed by atoms with Gasteiger partial charge in [-0.1, -0.05) is 52.3 Å². The highest BCUT2D eigenvalue weighted by Crippen LogP contribution is 2.31. The molecule has 0 aliphatic carbocycles. The molecule has 1 heterocycles. The molecule has 2 aromatic rings. The lowest BCUT2D eigenvalue weighted by atomic mass is 9.86. The van der Waals surface area contributed by atoms with Crippen molar-refractivity contribution in [2.45, 2.75) is 52.9 Å². The molecule has 0 aliphatic rings. The van der Waals surface area contributed by atoms with Gasteiger partial charge in [0, 0.05) is 25.3 Å². The van der Waals surface area contributed by atoms with E-state index in [1.165, 1.54) is 5.56 Å². The van der Waals surface area contributed by atoms with Crippen LogP contribution in [0.5, 0.6) is 0 Å². The number of rotatable bonds is 6. The molecule has 0 spiro atoms. The van der Waals surface area contributed by atoms with Gasteiger partial charge in [0.25, 0.3) is 5.91 Å². The second kappa shape index (κ2) is 8.30. The maximum atomic E-state index is 12.6. The fraction of sp³-hybridized carbons (Fsp3) is 0.476. The van der Waals surface area contributed by atoms with Crippen LogP contribution in [0.1, 0.15) is 62.4 Å². The first-order valence-corrected chi connectivity index (χ1v) is 9.20. The number of anilines is 2. The first-order chi connectivity index (χ1) is 12.2. The van der Waals surface area contributed by atoms with Crippen LogP contribution >= 0.6 is 0 Å². The average molecular weight is 354 g/mol. The molecule has 0 radical (unpaired) electrons. The number of nitrogens with zero attached hydrogens (tertiary/aromatic N) is 3. The number of aromatic nitrogens is 2. The fourth-order valence-corrected chi connectivity index (χ4v) is 2.82. The molecule has 2 rings (SSSR count). The molecule has 0 saturated heterocycles. The summed E-state index contributed by atoms with van der Waals surface area (Å²) in [6.07, 6.45) is 2.03. The van der Waals surface area contributed by atoms with E-state index in [0.717, 1.165) is 25.1 Å². The number of carbonyl (C=O) groups excluding carboxylic acids is 1. The standard InChI is InChI=1S/C21H30N4O/c1-7-8-13-25(6)20(26)18-14-19(23-15(2)22-18)24-17-12-10-9-11-16(17)21(3,4)5/h9-12,14H,7-8,13H2,1-6H3,(H,22,23,24). The zero-order chi connectivity index (χ0) is 19.3. The summed E-state index contributed by atoms with van der Waals surface area (Å²) in [6.45, 7) is 11.2. The van der Waals surface area contributed by atoms with Crippen LogP contribution in [0, 0.1) is 6.92 Å². The fourth-order valence-electron chi connectivity index (χ4n) is 2.82. The van der Waals surface area contributed by atoms with Crippen LogP contribution in [0.4, 0.5) is 11.5 Å². The van der Waals surface area contributed by atoms with Crippen molar-refractivity contribution < 1.29 is 4.79 Å². The van der Waals surface area contributed by atoms with Gasteiger partial charge < -0.3 is 10.2 Å². The molecule has 5 nitrogen and oxygen atoms in total. The lowest BCUT2D eigenvalue weighted by molar-refractivity contribution is 0.0787. The van der Waals surface area contributed by atoms with E-state index in [2.05, 4.69) is 49.0 Å². The van der Waals surface area contributed by atoms with Crippen molar-refractivity contribution >= 4 is 17.4 Å². The summed E-state index contributed by atoms with van der Waals surface area (Å²) >= 11 is 0. The molecule has 0 bridgehead atoms. The largest absolute Gasteiger partial charge is 0.340 e. The molecule has 1 N–H and O–H groups in total. The Kier molecular flexibility index (Phi) is 6.35. The Morgan fingerprint density at radius 3 is 2.54 bits per heavy atom. The van der Waals surface area contributed by atoms with Gasteiger partial charge in [-0.05, 0) is 30.4 Å². The monoisotopic (exact) mass is 354 g/mol. The zero-order valence-corrected chi connectivity index (χ0v) is 16.8. The minimum atomic E-state index is -0.0730. The SMILES string of the molecule is CCCCN(C)C(=O)c1cc(Nc2ccccc2C(C)(C)C)nc(C)n1. The molecule has 1 aromatic heterocycles. The normalized spacial score (nSPS) is 11.3. The molecule has 0 fully saturated rings. The maximum absolute atomic E-state index is 12.6. The van der Waals surface area contributed by atoms with E-state index in [1.807, 2.05) is 32.2 Å². The predicted molar refractivity (Wildman–Crippen MR) is 107 cm³/mol. The zero-order valence-electron chi connectivity index (χ0n) is 16.8. The van der Waals surface area contributed by atoms with Crippen molar-refractivity contribution in [3.63, 3.8) is 0 Å². The number of aryl methyl sites for hydroxylation is 1. The average Bonchev–Trinajstić information content (AvgIpc) is 2.58. The van der Waals surface area contributed by atoms with Gasteiger partial charge >= 0.3 is 0 Å². The second-order valence-corrected chi connectivity index (χ2v) is 7.69. The van der Waals surface area contributed by atoms with E-state index in [4.69, 9.17) is 0 Å². The van der Waals surface area contributed by atoms with Crippen molar-refractivity contribution in [1.82, 2.24) is 14.9 Å². The Labute approximate surface area is 156 Å². The van der Waals surface area contributed by atoms with Gasteiger partial charge in [0.05, 0.1) is 0 Å². The summed E-state index contributed by atoms with van der Waals surface area (Å²) in [5.74, 6) is 1.15. The number of nitrogens with one attached hydrogen (secondary N) is 1. The van der Waals surface area contributed by atoms with E-state index >= 15 is 0 Å². The molecular weight excluding hydrogens is 324 g/mol. The topological polar surface area (TPSA) is 58.1 Å². The molecule has 5 heteroatoms. The van der Waals surface area contributed by atoms with Crippen molar-refractivity contribution in [2.75, 3.05) is 18.9 Å². The highest BCUT2D eigenvalue weighted by molar-refractivity contribution is 5.93. The third-order valence-electron chi connectivity index (χ3n) is 4.25. The molecule has 0 saturated carbocycles. The van der Waals surface area contributed by atoms with Crippen LogP contribution in [0.3, 0.4) is 0 Å². The number of carbonyl (C=O) groups is 1. The Bertz CT molecular complexity index is 765. The number of hydrogen-bond acceptors (Lipinski definition) is 4. The lowest BCUT2D eigenvalue weighted by Gasteiger charge is -2.23. The summed E-state index contributed by atoms with van der Waals surface area (Å²) in [5, 5.41) is 3.38. The number of para-hydroxylation sites is 1. The first kappa shape index (κ1) is 19.9. The van der Waals surface area contributed by atoms with Gasteiger partial charge in [-0.25, -0.2) is 9.97 Å². The summed E-state index contributed by atoms with van der Waals surface area (Å²) in [6, 6.07) is 9.91. The van der Waals surface area contributed by atoms with Crippen molar-refractivity contribution in [3.8, 4) is 0 Å². The van der Waals surface area contributed by atoms with Crippen LogP contribution < -0.4 is 5.32 Å². The van der Waals surface area contributed by atoms with Crippen molar-refractivity contribution in [1.29, 1.82) is 0 Å². The minimum absolute atomic E-state index is 0.00465. The highest BCUT2D eigenvalue weighted by Gasteiger charge is 2.19. The van der Waals surface area contributed by atoms with Crippen LogP contribution in [0.2, 0.25) is 0 Å². The number of amides is 1. The van der Waals surface area contributed by atoms with Gasteiger partial charge in [-0.3, -0.25) is 4.79 Å². The second-order valence-electron chi connectivity index (χ2n) is 7.69. The van der Waals surface area contributed by atoms with Crippen LogP contribution in [0.25, 0.3) is 0 Å². The van der Waals surface area contributed by atoms with E-state index in [9.17, 15) is 4.79 Å². The summed E-state index contributed by atoms with van der Waals surface area (Å²) in [5.41, 5.74) is 2.62. The quantitative estimate of drug-likeness (QED) is 0.817. The molecule has 0 atom stereocenters. The Morgan fingerprint density at radius 2 is 1.88 bits per heavy atom. The minimum Gasteiger partial charge on any atom is -0.340 e. The predicted octanol–water partition coefficient (Wildman–Crippen LogP) is 4.70. The summed E-state index contributed by atoms with van der Waals surface area (Å²) < 4.78 is 0. The molecule has 0 aliphatic heterocycles. The Balaban J connectivity index is 2.30. The number of benzene rings is 1. The van der Waals surface area contributed by atoms with Crippen molar-refractivity contribution in [3.05, 3.63) is 47.4 Å². The molecule has 140 valence electrons. The van der Waals surface area contributed by atoms with E-state index in [1.54, 1.807) is 11.0 Å². The highest BCUT2D eigenvalue weighted by atomic mass is 16.2. The van der Waals surface area contributed by atoms with Crippen molar-refractivity contribution in [2.24, 2.45) is 0 Å². The molecule has 1 aromatic carbocycles. The van der Waals surface area contributed by atoms with E-state index in [0.29, 0.717) is 17.3 Å². The number of hydrogen-bond donors (Lipinski definition) is 1. The lowest BCUT2D eigenvalue weighted by Crippen LogP contribution is -2.28.